The highest BCUT2D eigenvalue weighted by molar-refractivity contribution is 7.99. The molecule has 0 fully saturated rings. The molecule has 0 radical (unpaired) electrons. The van der Waals surface area contributed by atoms with E-state index in [1.807, 2.05) is 59.2 Å². The van der Waals surface area contributed by atoms with Gasteiger partial charge in [0.2, 0.25) is 0 Å². The van der Waals surface area contributed by atoms with Gasteiger partial charge in [-0.05, 0) is 30.3 Å². The molecule has 0 aliphatic heterocycles. The van der Waals surface area contributed by atoms with E-state index in [-0.39, 0.29) is 0 Å². The van der Waals surface area contributed by atoms with E-state index in [1.165, 1.54) is 0 Å². The molecular weight excluding hydrogens is 342 g/mol. The zero-order chi connectivity index (χ0) is 16.9. The van der Waals surface area contributed by atoms with Gasteiger partial charge in [-0.3, -0.25) is 4.57 Å². The topological polar surface area (TPSA) is 39.9 Å². The van der Waals surface area contributed by atoms with E-state index in [0.29, 0.717) is 16.9 Å². The minimum atomic E-state index is 0.335. The maximum absolute atomic E-state index is 6.15. The summed E-state index contributed by atoms with van der Waals surface area (Å²) in [5, 5.41) is 10.5. The molecule has 3 rings (SSSR count). The summed E-state index contributed by atoms with van der Waals surface area (Å²) < 4.78 is 7.84. The van der Waals surface area contributed by atoms with Crippen molar-refractivity contribution >= 4 is 23.4 Å². The third kappa shape index (κ3) is 4.10. The Morgan fingerprint density at radius 3 is 2.58 bits per heavy atom. The zero-order valence-corrected chi connectivity index (χ0v) is 15.1. The average molecular weight is 360 g/mol. The lowest BCUT2D eigenvalue weighted by molar-refractivity contribution is 0.293. The van der Waals surface area contributed by atoms with Crippen molar-refractivity contribution in [3.63, 3.8) is 0 Å². The van der Waals surface area contributed by atoms with Crippen LogP contribution in [0.2, 0.25) is 5.02 Å². The van der Waals surface area contributed by atoms with E-state index in [1.54, 1.807) is 11.8 Å². The van der Waals surface area contributed by atoms with Gasteiger partial charge in [-0.1, -0.05) is 61.5 Å². The number of ether oxygens (including phenoxy) is 1. The molecule has 1 heterocycles. The summed E-state index contributed by atoms with van der Waals surface area (Å²) in [7, 11) is 0. The summed E-state index contributed by atoms with van der Waals surface area (Å²) in [6.45, 7) is 4.59. The Bertz CT molecular complexity index is 805. The van der Waals surface area contributed by atoms with Crippen LogP contribution >= 0.6 is 23.4 Å². The standard InChI is InChI=1S/C18H18ClN3OS/c1-13(2)24-18-21-20-17(12-23-16-9-4-3-5-10-16)22(18)15-8-6-7-14(19)11-15/h3-11,13H,12H2,1-2H3. The average Bonchev–Trinajstić information content (AvgIpc) is 2.96. The lowest BCUT2D eigenvalue weighted by atomic mass is 10.3. The van der Waals surface area contributed by atoms with E-state index < -0.39 is 0 Å². The smallest absolute Gasteiger partial charge is 0.196 e. The molecule has 3 aromatic rings. The van der Waals surface area contributed by atoms with Crippen molar-refractivity contribution in [1.29, 1.82) is 0 Å². The second-order valence-corrected chi connectivity index (χ2v) is 7.46. The molecule has 24 heavy (non-hydrogen) atoms. The normalized spacial score (nSPS) is 11.0. The summed E-state index contributed by atoms with van der Waals surface area (Å²) in [6, 6.07) is 17.3. The fourth-order valence-electron chi connectivity index (χ4n) is 2.22. The van der Waals surface area contributed by atoms with E-state index in [9.17, 15) is 0 Å². The van der Waals surface area contributed by atoms with Gasteiger partial charge in [0.15, 0.2) is 11.0 Å². The van der Waals surface area contributed by atoms with Gasteiger partial charge in [0.25, 0.3) is 0 Å². The highest BCUT2D eigenvalue weighted by Gasteiger charge is 2.16. The SMILES string of the molecule is CC(C)Sc1nnc(COc2ccccc2)n1-c1cccc(Cl)c1. The molecule has 0 N–H and O–H groups in total. The molecule has 6 heteroatoms. The lowest BCUT2D eigenvalue weighted by Crippen LogP contribution is -2.07. The fraction of sp³-hybridized carbons (Fsp3) is 0.222. The van der Waals surface area contributed by atoms with Crippen molar-refractivity contribution in [2.24, 2.45) is 0 Å². The molecule has 0 atom stereocenters. The van der Waals surface area contributed by atoms with Crippen LogP contribution in [-0.4, -0.2) is 20.0 Å². The Morgan fingerprint density at radius 1 is 1.08 bits per heavy atom. The number of nitrogens with zero attached hydrogens (tertiary/aromatic N) is 3. The van der Waals surface area contributed by atoms with Gasteiger partial charge in [-0.25, -0.2) is 0 Å². The second kappa shape index (κ2) is 7.73. The first-order valence-corrected chi connectivity index (χ1v) is 8.94. The first kappa shape index (κ1) is 16.9. The quantitative estimate of drug-likeness (QED) is 0.580. The summed E-state index contributed by atoms with van der Waals surface area (Å²) in [5.74, 6) is 1.54. The number of rotatable bonds is 6. The Hall–Kier alpha value is -1.98. The number of hydrogen-bond acceptors (Lipinski definition) is 4. The molecule has 2 aromatic carbocycles. The molecule has 0 saturated heterocycles. The van der Waals surface area contributed by atoms with Crippen LogP contribution in [0.25, 0.3) is 5.69 Å². The molecule has 124 valence electrons. The van der Waals surface area contributed by atoms with Crippen LogP contribution < -0.4 is 4.74 Å². The predicted molar refractivity (Wildman–Crippen MR) is 98.1 cm³/mol. The first-order chi connectivity index (χ1) is 11.6. The minimum absolute atomic E-state index is 0.335. The first-order valence-electron chi connectivity index (χ1n) is 7.68. The van der Waals surface area contributed by atoms with Crippen LogP contribution in [0.1, 0.15) is 19.7 Å². The van der Waals surface area contributed by atoms with E-state index in [0.717, 1.165) is 22.4 Å². The highest BCUT2D eigenvalue weighted by atomic mass is 35.5. The van der Waals surface area contributed by atoms with Gasteiger partial charge >= 0.3 is 0 Å². The van der Waals surface area contributed by atoms with Gasteiger partial charge in [-0.2, -0.15) is 0 Å². The highest BCUT2D eigenvalue weighted by Crippen LogP contribution is 2.27. The van der Waals surface area contributed by atoms with E-state index in [4.69, 9.17) is 16.3 Å². The van der Waals surface area contributed by atoms with Crippen LogP contribution in [-0.2, 0) is 6.61 Å². The maximum Gasteiger partial charge on any atom is 0.196 e. The number of hydrogen-bond donors (Lipinski definition) is 0. The predicted octanol–water partition coefficient (Wildman–Crippen LogP) is 5.00. The Kier molecular flexibility index (Phi) is 5.43. The van der Waals surface area contributed by atoms with Crippen molar-refractivity contribution in [3.05, 3.63) is 65.4 Å². The Morgan fingerprint density at radius 2 is 1.88 bits per heavy atom. The van der Waals surface area contributed by atoms with Gasteiger partial charge in [-0.15, -0.1) is 10.2 Å². The fourth-order valence-corrected chi connectivity index (χ4v) is 3.23. The monoisotopic (exact) mass is 359 g/mol. The van der Waals surface area contributed by atoms with E-state index in [2.05, 4.69) is 24.0 Å². The Labute approximate surface area is 150 Å². The number of halogens is 1. The molecule has 0 aliphatic rings. The molecular formula is C18H18ClN3OS. The van der Waals surface area contributed by atoms with Crippen molar-refractivity contribution < 1.29 is 4.74 Å². The molecule has 1 aromatic heterocycles. The lowest BCUT2D eigenvalue weighted by Gasteiger charge is -2.12. The molecule has 0 unspecified atom stereocenters. The van der Waals surface area contributed by atoms with Crippen molar-refractivity contribution in [1.82, 2.24) is 14.8 Å². The van der Waals surface area contributed by atoms with Crippen LogP contribution in [0.5, 0.6) is 5.75 Å². The van der Waals surface area contributed by atoms with Crippen molar-refractivity contribution in [3.8, 4) is 11.4 Å². The second-order valence-electron chi connectivity index (χ2n) is 5.48. The zero-order valence-electron chi connectivity index (χ0n) is 13.5. The number of aromatic nitrogens is 3. The van der Waals surface area contributed by atoms with Gasteiger partial charge < -0.3 is 4.74 Å². The van der Waals surface area contributed by atoms with E-state index >= 15 is 0 Å². The van der Waals surface area contributed by atoms with Crippen molar-refractivity contribution in [2.75, 3.05) is 0 Å². The van der Waals surface area contributed by atoms with Crippen LogP contribution in [0.3, 0.4) is 0 Å². The van der Waals surface area contributed by atoms with Crippen LogP contribution in [0.15, 0.2) is 59.8 Å². The largest absolute Gasteiger partial charge is 0.486 e. The van der Waals surface area contributed by atoms with Crippen molar-refractivity contribution in [2.45, 2.75) is 30.9 Å². The molecule has 4 nitrogen and oxygen atoms in total. The number of thioether (sulfide) groups is 1. The molecule has 0 bridgehead atoms. The maximum atomic E-state index is 6.15. The molecule has 0 spiro atoms. The Balaban J connectivity index is 1.92. The van der Waals surface area contributed by atoms with Gasteiger partial charge in [0.05, 0.1) is 5.69 Å². The number of benzene rings is 2. The summed E-state index contributed by atoms with van der Waals surface area (Å²) in [5.41, 5.74) is 0.933. The van der Waals surface area contributed by atoms with Crippen LogP contribution in [0.4, 0.5) is 0 Å². The number of para-hydroxylation sites is 1. The summed E-state index contributed by atoms with van der Waals surface area (Å²) >= 11 is 7.81. The molecule has 0 saturated carbocycles. The van der Waals surface area contributed by atoms with Gasteiger partial charge in [0.1, 0.15) is 12.4 Å². The minimum Gasteiger partial charge on any atom is -0.486 e. The molecule has 0 aliphatic carbocycles. The summed E-state index contributed by atoms with van der Waals surface area (Å²) in [4.78, 5) is 0. The third-order valence-electron chi connectivity index (χ3n) is 3.22. The van der Waals surface area contributed by atoms with Crippen LogP contribution in [0, 0.1) is 0 Å². The molecule has 0 amide bonds. The summed E-state index contributed by atoms with van der Waals surface area (Å²) in [6.07, 6.45) is 0. The third-order valence-corrected chi connectivity index (χ3v) is 4.40. The van der Waals surface area contributed by atoms with Gasteiger partial charge in [0, 0.05) is 10.3 Å².